The van der Waals surface area contributed by atoms with E-state index >= 15 is 0 Å². The molecule has 23 heavy (non-hydrogen) atoms. The number of carbonyl (C=O) groups excluding carboxylic acids is 1. The summed E-state index contributed by atoms with van der Waals surface area (Å²) >= 11 is 1.57. The Morgan fingerprint density at radius 2 is 2.04 bits per heavy atom. The predicted octanol–water partition coefficient (Wildman–Crippen LogP) is 3.10. The monoisotopic (exact) mass is 351 g/mol. The van der Waals surface area contributed by atoms with Crippen LogP contribution in [-0.4, -0.2) is 41.9 Å². The Morgan fingerprint density at radius 3 is 2.78 bits per heavy atom. The van der Waals surface area contributed by atoms with E-state index in [4.69, 9.17) is 5.73 Å². The van der Waals surface area contributed by atoms with Gasteiger partial charge in [-0.1, -0.05) is 12.1 Å². The molecule has 0 aliphatic carbocycles. The summed E-state index contributed by atoms with van der Waals surface area (Å²) < 4.78 is 0. The molecule has 4 nitrogen and oxygen atoms in total. The minimum atomic E-state index is 0. The zero-order chi connectivity index (χ0) is 15.4. The van der Waals surface area contributed by atoms with Crippen LogP contribution in [0.4, 0.5) is 5.69 Å². The number of halogens is 1. The van der Waals surface area contributed by atoms with Crippen LogP contribution >= 0.6 is 23.7 Å². The second kappa shape index (κ2) is 8.34. The van der Waals surface area contributed by atoms with Crippen molar-refractivity contribution >= 4 is 35.3 Å². The molecule has 3 rings (SSSR count). The van der Waals surface area contributed by atoms with Gasteiger partial charge >= 0.3 is 0 Å². The van der Waals surface area contributed by atoms with Crippen molar-refractivity contribution < 1.29 is 4.79 Å². The third-order valence-electron chi connectivity index (χ3n) is 4.00. The standard InChI is InChI=1S/C17H21N3OS.ClH/c18-16-4-1-3-14(11-16)12-19-6-2-7-20(9-8-19)17(21)15-5-10-22-13-15;/h1,3-5,10-11,13H,2,6-9,12,18H2;1H. The minimum Gasteiger partial charge on any atom is -0.399 e. The number of hydrogen-bond acceptors (Lipinski definition) is 4. The molecule has 1 saturated heterocycles. The van der Waals surface area contributed by atoms with Crippen LogP contribution in [0.25, 0.3) is 0 Å². The van der Waals surface area contributed by atoms with Crippen molar-refractivity contribution in [1.29, 1.82) is 0 Å². The summed E-state index contributed by atoms with van der Waals surface area (Å²) in [6.07, 6.45) is 1.01. The molecule has 2 heterocycles. The second-order valence-corrected chi connectivity index (χ2v) is 6.46. The van der Waals surface area contributed by atoms with Crippen molar-refractivity contribution in [3.63, 3.8) is 0 Å². The molecule has 1 aromatic carbocycles. The summed E-state index contributed by atoms with van der Waals surface area (Å²) in [6, 6.07) is 9.94. The van der Waals surface area contributed by atoms with Crippen molar-refractivity contribution in [2.75, 3.05) is 31.9 Å². The first-order valence-corrected chi connectivity index (χ1v) is 8.55. The molecule has 2 aromatic rings. The number of hydrogen-bond donors (Lipinski definition) is 1. The molecular formula is C17H22ClN3OS. The molecule has 1 aliphatic heterocycles. The average Bonchev–Trinajstić information content (AvgIpc) is 2.94. The van der Waals surface area contributed by atoms with Crippen LogP contribution in [0.2, 0.25) is 0 Å². The first-order valence-electron chi connectivity index (χ1n) is 7.60. The van der Waals surface area contributed by atoms with E-state index in [0.29, 0.717) is 0 Å². The third kappa shape index (κ3) is 4.70. The van der Waals surface area contributed by atoms with E-state index in [0.717, 1.165) is 50.4 Å². The van der Waals surface area contributed by atoms with Gasteiger partial charge in [0, 0.05) is 43.8 Å². The normalized spacial score (nSPS) is 15.7. The Bertz CT molecular complexity index is 633. The van der Waals surface area contributed by atoms with Crippen molar-refractivity contribution in [2.24, 2.45) is 0 Å². The molecule has 1 aliphatic rings. The van der Waals surface area contributed by atoms with E-state index in [-0.39, 0.29) is 18.3 Å². The van der Waals surface area contributed by atoms with Gasteiger partial charge in [0.2, 0.25) is 0 Å². The van der Waals surface area contributed by atoms with Gasteiger partial charge in [-0.3, -0.25) is 9.69 Å². The molecule has 6 heteroatoms. The van der Waals surface area contributed by atoms with E-state index in [1.807, 2.05) is 39.9 Å². The van der Waals surface area contributed by atoms with Gasteiger partial charge in [0.15, 0.2) is 0 Å². The van der Waals surface area contributed by atoms with Crippen LogP contribution in [0.5, 0.6) is 0 Å². The minimum absolute atomic E-state index is 0. The zero-order valence-electron chi connectivity index (χ0n) is 13.0. The van der Waals surface area contributed by atoms with Crippen LogP contribution in [0.3, 0.4) is 0 Å². The van der Waals surface area contributed by atoms with Crippen molar-refractivity contribution in [3.05, 3.63) is 52.2 Å². The summed E-state index contributed by atoms with van der Waals surface area (Å²) in [5.74, 6) is 0.159. The molecule has 124 valence electrons. The first kappa shape index (κ1) is 17.8. The topological polar surface area (TPSA) is 49.6 Å². The molecular weight excluding hydrogens is 330 g/mol. The number of anilines is 1. The van der Waals surface area contributed by atoms with Gasteiger partial charge in [-0.25, -0.2) is 0 Å². The van der Waals surface area contributed by atoms with Crippen LogP contribution in [0, 0.1) is 0 Å². The Morgan fingerprint density at radius 1 is 1.17 bits per heavy atom. The van der Waals surface area contributed by atoms with Gasteiger partial charge in [-0.05, 0) is 35.6 Å². The number of nitrogen functional groups attached to an aromatic ring is 1. The Balaban J connectivity index is 0.00000192. The van der Waals surface area contributed by atoms with Crippen molar-refractivity contribution in [3.8, 4) is 0 Å². The molecule has 1 amide bonds. The highest BCUT2D eigenvalue weighted by Crippen LogP contribution is 2.14. The molecule has 0 spiro atoms. The number of nitrogens with two attached hydrogens (primary N) is 1. The lowest BCUT2D eigenvalue weighted by atomic mass is 10.2. The highest BCUT2D eigenvalue weighted by atomic mass is 35.5. The largest absolute Gasteiger partial charge is 0.399 e. The summed E-state index contributed by atoms with van der Waals surface area (Å²) in [5.41, 5.74) is 8.70. The van der Waals surface area contributed by atoms with Gasteiger partial charge in [-0.15, -0.1) is 12.4 Å². The van der Waals surface area contributed by atoms with Crippen molar-refractivity contribution in [2.45, 2.75) is 13.0 Å². The smallest absolute Gasteiger partial charge is 0.254 e. The fourth-order valence-electron chi connectivity index (χ4n) is 2.85. The number of nitrogens with zero attached hydrogens (tertiary/aromatic N) is 2. The number of rotatable bonds is 3. The molecule has 1 fully saturated rings. The SMILES string of the molecule is Cl.Nc1cccc(CN2CCCN(C(=O)c3ccsc3)CC2)c1. The highest BCUT2D eigenvalue weighted by Gasteiger charge is 2.20. The van der Waals surface area contributed by atoms with Crippen LogP contribution in [0.15, 0.2) is 41.1 Å². The molecule has 1 aromatic heterocycles. The van der Waals surface area contributed by atoms with Gasteiger partial charge < -0.3 is 10.6 Å². The van der Waals surface area contributed by atoms with E-state index in [1.165, 1.54) is 5.56 Å². The Hall–Kier alpha value is -1.56. The van der Waals surface area contributed by atoms with E-state index < -0.39 is 0 Å². The van der Waals surface area contributed by atoms with Gasteiger partial charge in [0.05, 0.1) is 5.56 Å². The van der Waals surface area contributed by atoms with Crippen LogP contribution in [-0.2, 0) is 6.54 Å². The van der Waals surface area contributed by atoms with Crippen molar-refractivity contribution in [1.82, 2.24) is 9.80 Å². The number of thiophene rings is 1. The van der Waals surface area contributed by atoms with Gasteiger partial charge in [0.25, 0.3) is 5.91 Å². The van der Waals surface area contributed by atoms with Gasteiger partial charge in [0.1, 0.15) is 0 Å². The molecule has 2 N–H and O–H groups in total. The fourth-order valence-corrected chi connectivity index (χ4v) is 3.48. The Labute approximate surface area is 147 Å². The summed E-state index contributed by atoms with van der Waals surface area (Å²) in [4.78, 5) is 16.8. The lowest BCUT2D eigenvalue weighted by molar-refractivity contribution is 0.0761. The molecule has 0 bridgehead atoms. The highest BCUT2D eigenvalue weighted by molar-refractivity contribution is 7.08. The van der Waals surface area contributed by atoms with E-state index in [1.54, 1.807) is 11.3 Å². The summed E-state index contributed by atoms with van der Waals surface area (Å²) in [7, 11) is 0. The van der Waals surface area contributed by atoms with E-state index in [9.17, 15) is 4.79 Å². The Kier molecular flexibility index (Phi) is 6.45. The van der Waals surface area contributed by atoms with Crippen LogP contribution < -0.4 is 5.73 Å². The third-order valence-corrected chi connectivity index (χ3v) is 4.68. The number of amides is 1. The molecule has 0 unspecified atom stereocenters. The van der Waals surface area contributed by atoms with Crippen LogP contribution in [0.1, 0.15) is 22.3 Å². The average molecular weight is 352 g/mol. The summed E-state index contributed by atoms with van der Waals surface area (Å²) in [5, 5.41) is 3.88. The predicted molar refractivity (Wildman–Crippen MR) is 98.2 cm³/mol. The van der Waals surface area contributed by atoms with E-state index in [2.05, 4.69) is 11.0 Å². The fraction of sp³-hybridized carbons (Fsp3) is 0.353. The zero-order valence-corrected chi connectivity index (χ0v) is 14.6. The number of carbonyl (C=O) groups is 1. The van der Waals surface area contributed by atoms with Gasteiger partial charge in [-0.2, -0.15) is 11.3 Å². The molecule has 0 saturated carbocycles. The maximum Gasteiger partial charge on any atom is 0.254 e. The lowest BCUT2D eigenvalue weighted by Gasteiger charge is -2.22. The molecule has 0 atom stereocenters. The summed E-state index contributed by atoms with van der Waals surface area (Å²) in [6.45, 7) is 4.44. The second-order valence-electron chi connectivity index (χ2n) is 5.68. The maximum absolute atomic E-state index is 12.4. The first-order chi connectivity index (χ1) is 10.7. The molecule has 0 radical (unpaired) electrons. The number of benzene rings is 1. The lowest BCUT2D eigenvalue weighted by Crippen LogP contribution is -2.34. The quantitative estimate of drug-likeness (QED) is 0.864. The maximum atomic E-state index is 12.4.